The molecule has 4 heterocycles. The van der Waals surface area contributed by atoms with E-state index < -0.39 is 5.82 Å². The van der Waals surface area contributed by atoms with E-state index in [2.05, 4.69) is 14.9 Å². The molecule has 0 saturated carbocycles. The van der Waals surface area contributed by atoms with Crippen molar-refractivity contribution in [1.82, 2.24) is 24.3 Å². The van der Waals surface area contributed by atoms with E-state index >= 15 is 0 Å². The van der Waals surface area contributed by atoms with Crippen LogP contribution in [0.1, 0.15) is 23.1 Å². The zero-order valence-corrected chi connectivity index (χ0v) is 15.5. The smallest absolute Gasteiger partial charge is 0.229 e. The predicted octanol–water partition coefficient (Wildman–Crippen LogP) is 0.955. The van der Waals surface area contributed by atoms with Crippen molar-refractivity contribution in [3.63, 3.8) is 0 Å². The summed E-state index contributed by atoms with van der Waals surface area (Å²) in [6.07, 6.45) is 3.93. The molecule has 0 radical (unpaired) electrons. The predicted molar refractivity (Wildman–Crippen MR) is 96.5 cm³/mol. The fourth-order valence-corrected chi connectivity index (χ4v) is 3.87. The van der Waals surface area contributed by atoms with E-state index in [1.807, 2.05) is 22.8 Å². The van der Waals surface area contributed by atoms with Crippen LogP contribution in [0.15, 0.2) is 24.7 Å². The van der Waals surface area contributed by atoms with Crippen LogP contribution in [-0.4, -0.2) is 69.6 Å². The SMILES string of the molecule is Cn1cnc2c1CCN(C(=O)Cc1ccc(F)cn1)C2CN1CCOCC1. The normalized spacial score (nSPS) is 20.5. The summed E-state index contributed by atoms with van der Waals surface area (Å²) in [4.78, 5) is 25.9. The standard InChI is InChI=1S/C19H24FN5O2/c1-23-13-22-19-16(23)4-5-25(17(19)12-24-6-8-27-9-7-24)18(26)10-15-3-2-14(20)11-21-15/h2-3,11,13,17H,4-10,12H2,1H3. The summed E-state index contributed by atoms with van der Waals surface area (Å²) < 4.78 is 20.6. The molecule has 8 heteroatoms. The molecule has 27 heavy (non-hydrogen) atoms. The van der Waals surface area contributed by atoms with Gasteiger partial charge in [0.05, 0.1) is 43.9 Å². The third-order valence-corrected chi connectivity index (χ3v) is 5.35. The number of halogens is 1. The molecular weight excluding hydrogens is 349 g/mol. The third-order valence-electron chi connectivity index (χ3n) is 5.35. The number of hydrogen-bond acceptors (Lipinski definition) is 5. The molecule has 7 nitrogen and oxygen atoms in total. The molecule has 2 aromatic heterocycles. The number of pyridine rings is 1. The largest absolute Gasteiger partial charge is 0.379 e. The minimum absolute atomic E-state index is 0.00340. The third kappa shape index (κ3) is 3.86. The Bertz CT molecular complexity index is 801. The van der Waals surface area contributed by atoms with Crippen molar-refractivity contribution in [2.24, 2.45) is 7.05 Å². The van der Waals surface area contributed by atoms with Gasteiger partial charge >= 0.3 is 0 Å². The lowest BCUT2D eigenvalue weighted by Gasteiger charge is -2.39. The summed E-state index contributed by atoms with van der Waals surface area (Å²) in [5.41, 5.74) is 2.76. The first-order chi connectivity index (χ1) is 13.1. The average Bonchev–Trinajstić information content (AvgIpc) is 3.06. The van der Waals surface area contributed by atoms with Gasteiger partial charge in [-0.15, -0.1) is 0 Å². The maximum absolute atomic E-state index is 13.1. The maximum atomic E-state index is 13.1. The Hall–Kier alpha value is -2.32. The molecule has 1 unspecified atom stereocenters. The summed E-state index contributed by atoms with van der Waals surface area (Å²) in [5, 5.41) is 0. The molecule has 0 bridgehead atoms. The van der Waals surface area contributed by atoms with Crippen molar-refractivity contribution >= 4 is 5.91 Å². The Kier molecular flexibility index (Phi) is 5.18. The van der Waals surface area contributed by atoms with Crippen LogP contribution in [0.2, 0.25) is 0 Å². The molecule has 144 valence electrons. The number of morpholine rings is 1. The summed E-state index contributed by atoms with van der Waals surface area (Å²) in [6, 6.07) is 2.83. The molecule has 2 aromatic rings. The van der Waals surface area contributed by atoms with Gasteiger partial charge in [-0.1, -0.05) is 0 Å². The molecule has 4 rings (SSSR count). The van der Waals surface area contributed by atoms with Crippen LogP contribution in [0, 0.1) is 5.82 Å². The highest BCUT2D eigenvalue weighted by atomic mass is 19.1. The lowest BCUT2D eigenvalue weighted by atomic mass is 10.0. The van der Waals surface area contributed by atoms with E-state index in [0.29, 0.717) is 12.2 Å². The number of ether oxygens (including phenoxy) is 1. The van der Waals surface area contributed by atoms with Crippen LogP contribution in [0.25, 0.3) is 0 Å². The van der Waals surface area contributed by atoms with Crippen molar-refractivity contribution in [2.75, 3.05) is 39.4 Å². The highest BCUT2D eigenvalue weighted by molar-refractivity contribution is 5.79. The van der Waals surface area contributed by atoms with Gasteiger partial charge in [0.2, 0.25) is 5.91 Å². The Morgan fingerprint density at radius 2 is 2.07 bits per heavy atom. The van der Waals surface area contributed by atoms with Gasteiger partial charge in [0, 0.05) is 51.0 Å². The first kappa shape index (κ1) is 18.1. The maximum Gasteiger partial charge on any atom is 0.229 e. The lowest BCUT2D eigenvalue weighted by Crippen LogP contribution is -2.48. The second-order valence-electron chi connectivity index (χ2n) is 7.10. The zero-order chi connectivity index (χ0) is 18.8. The first-order valence-electron chi connectivity index (χ1n) is 9.32. The van der Waals surface area contributed by atoms with Crippen molar-refractivity contribution in [3.05, 3.63) is 47.6 Å². The number of carbonyl (C=O) groups excluding carboxylic acids is 1. The summed E-state index contributed by atoms with van der Waals surface area (Å²) in [7, 11) is 2.00. The van der Waals surface area contributed by atoms with Gasteiger partial charge in [0.1, 0.15) is 5.82 Å². The Labute approximate surface area is 157 Å². The van der Waals surface area contributed by atoms with E-state index in [0.717, 1.165) is 51.2 Å². The topological polar surface area (TPSA) is 63.5 Å². The van der Waals surface area contributed by atoms with Crippen LogP contribution in [0.4, 0.5) is 4.39 Å². The monoisotopic (exact) mass is 373 g/mol. The second kappa shape index (κ2) is 7.74. The van der Waals surface area contributed by atoms with Gasteiger partial charge in [-0.05, 0) is 12.1 Å². The van der Waals surface area contributed by atoms with Gasteiger partial charge in [0.15, 0.2) is 0 Å². The Balaban J connectivity index is 1.55. The van der Waals surface area contributed by atoms with Crippen LogP contribution in [-0.2, 0) is 29.4 Å². The Morgan fingerprint density at radius 1 is 1.26 bits per heavy atom. The minimum Gasteiger partial charge on any atom is -0.379 e. The molecule has 1 amide bonds. The molecule has 0 N–H and O–H groups in total. The number of carbonyl (C=O) groups is 1. The first-order valence-corrected chi connectivity index (χ1v) is 9.32. The number of aromatic nitrogens is 3. The highest BCUT2D eigenvalue weighted by Gasteiger charge is 2.35. The summed E-state index contributed by atoms with van der Waals surface area (Å²) in [6.45, 7) is 4.56. The fourth-order valence-electron chi connectivity index (χ4n) is 3.87. The highest BCUT2D eigenvalue weighted by Crippen LogP contribution is 2.30. The van der Waals surface area contributed by atoms with E-state index in [-0.39, 0.29) is 18.4 Å². The number of amides is 1. The van der Waals surface area contributed by atoms with Gasteiger partial charge in [-0.2, -0.15) is 0 Å². The second-order valence-corrected chi connectivity index (χ2v) is 7.10. The van der Waals surface area contributed by atoms with Crippen LogP contribution in [0.5, 0.6) is 0 Å². The van der Waals surface area contributed by atoms with E-state index in [9.17, 15) is 9.18 Å². The van der Waals surface area contributed by atoms with E-state index in [4.69, 9.17) is 4.74 Å². The molecule has 2 aliphatic rings. The van der Waals surface area contributed by atoms with Gasteiger partial charge in [-0.25, -0.2) is 9.37 Å². The molecule has 1 atom stereocenters. The number of nitrogens with zero attached hydrogens (tertiary/aromatic N) is 5. The summed E-state index contributed by atoms with van der Waals surface area (Å²) >= 11 is 0. The van der Waals surface area contributed by atoms with Crippen LogP contribution in [0.3, 0.4) is 0 Å². The molecule has 0 aliphatic carbocycles. The van der Waals surface area contributed by atoms with Gasteiger partial charge in [-0.3, -0.25) is 14.7 Å². The quantitative estimate of drug-likeness (QED) is 0.799. The molecular formula is C19H24FN5O2. The van der Waals surface area contributed by atoms with Crippen molar-refractivity contribution in [1.29, 1.82) is 0 Å². The minimum atomic E-state index is -0.396. The summed E-state index contributed by atoms with van der Waals surface area (Å²) in [5.74, 6) is -0.392. The van der Waals surface area contributed by atoms with Gasteiger partial charge in [0.25, 0.3) is 0 Å². The number of rotatable bonds is 4. The van der Waals surface area contributed by atoms with Crippen LogP contribution < -0.4 is 0 Å². The number of imidazole rings is 1. The van der Waals surface area contributed by atoms with E-state index in [1.54, 1.807) is 6.07 Å². The zero-order valence-electron chi connectivity index (χ0n) is 15.5. The lowest BCUT2D eigenvalue weighted by molar-refractivity contribution is -0.134. The molecule has 2 aliphatic heterocycles. The molecule has 1 fully saturated rings. The number of hydrogen-bond donors (Lipinski definition) is 0. The number of aryl methyl sites for hydroxylation is 1. The molecule has 1 saturated heterocycles. The van der Waals surface area contributed by atoms with Gasteiger partial charge < -0.3 is 14.2 Å². The average molecular weight is 373 g/mol. The molecule has 0 spiro atoms. The van der Waals surface area contributed by atoms with Crippen LogP contribution >= 0.6 is 0 Å². The fraction of sp³-hybridized carbons (Fsp3) is 0.526. The molecule has 0 aromatic carbocycles. The van der Waals surface area contributed by atoms with Crippen molar-refractivity contribution in [2.45, 2.75) is 18.9 Å². The van der Waals surface area contributed by atoms with Crippen molar-refractivity contribution in [3.8, 4) is 0 Å². The number of fused-ring (bicyclic) bond motifs is 1. The van der Waals surface area contributed by atoms with Crippen molar-refractivity contribution < 1.29 is 13.9 Å². The van der Waals surface area contributed by atoms with E-state index in [1.165, 1.54) is 11.8 Å². The Morgan fingerprint density at radius 3 is 2.81 bits per heavy atom.